The number of carbonyl (C=O) groups is 2. The van der Waals surface area contributed by atoms with Crippen LogP contribution in [0.1, 0.15) is 31.4 Å². The molecule has 2 aromatic rings. The van der Waals surface area contributed by atoms with E-state index in [0.717, 1.165) is 11.3 Å². The fourth-order valence-corrected chi connectivity index (χ4v) is 4.51. The van der Waals surface area contributed by atoms with E-state index in [1.165, 1.54) is 11.8 Å². The molecule has 2 rings (SSSR count). The topological polar surface area (TPSA) is 58.6 Å². The second-order valence-corrected chi connectivity index (χ2v) is 8.68. The lowest BCUT2D eigenvalue weighted by molar-refractivity contribution is -0.139. The molecule has 0 heterocycles. The van der Waals surface area contributed by atoms with Gasteiger partial charge in [0.1, 0.15) is 11.8 Å². The summed E-state index contributed by atoms with van der Waals surface area (Å²) < 4.78 is 5.17. The number of carbonyl (C=O) groups excluding carboxylic acids is 2. The summed E-state index contributed by atoms with van der Waals surface area (Å²) in [5.41, 5.74) is 1.73. The molecule has 0 bridgehead atoms. The van der Waals surface area contributed by atoms with Gasteiger partial charge in [0.25, 0.3) is 0 Å². The second-order valence-electron chi connectivity index (χ2n) is 6.88. The van der Waals surface area contributed by atoms with Crippen molar-refractivity contribution in [3.05, 3.63) is 63.6 Å². The third-order valence-corrected chi connectivity index (χ3v) is 6.48. The van der Waals surface area contributed by atoms with Gasteiger partial charge >= 0.3 is 0 Å². The minimum absolute atomic E-state index is 0.132. The maximum Gasteiger partial charge on any atom is 0.242 e. The summed E-state index contributed by atoms with van der Waals surface area (Å²) >= 11 is 14.2. The summed E-state index contributed by atoms with van der Waals surface area (Å²) in [6.07, 6.45) is 0.489. The van der Waals surface area contributed by atoms with Gasteiger partial charge in [-0.3, -0.25) is 9.59 Å². The molecule has 31 heavy (non-hydrogen) atoms. The number of hydrogen-bond donors (Lipinski definition) is 1. The Kier molecular flexibility index (Phi) is 10.5. The number of rotatable bonds is 11. The van der Waals surface area contributed by atoms with Crippen molar-refractivity contribution >= 4 is 46.8 Å². The smallest absolute Gasteiger partial charge is 0.242 e. The number of hydrogen-bond acceptors (Lipinski definition) is 4. The van der Waals surface area contributed by atoms with Gasteiger partial charge in [-0.05, 0) is 43.2 Å². The molecular weight excluding hydrogens is 455 g/mol. The van der Waals surface area contributed by atoms with Gasteiger partial charge in [0.05, 0.1) is 12.9 Å². The number of thioether (sulfide) groups is 1. The van der Waals surface area contributed by atoms with Crippen LogP contribution in [0.25, 0.3) is 0 Å². The molecule has 168 valence electrons. The first-order valence-corrected chi connectivity index (χ1v) is 12.0. The number of nitrogens with zero attached hydrogens (tertiary/aromatic N) is 1. The fraction of sp³-hybridized carbons (Fsp3) is 0.391. The molecule has 1 N–H and O–H groups in total. The van der Waals surface area contributed by atoms with Crippen LogP contribution >= 0.6 is 35.0 Å². The molecule has 5 nitrogen and oxygen atoms in total. The third kappa shape index (κ3) is 7.34. The van der Waals surface area contributed by atoms with E-state index in [1.807, 2.05) is 38.1 Å². The number of nitrogens with one attached hydrogen (secondary N) is 1. The van der Waals surface area contributed by atoms with Crippen LogP contribution in [0.15, 0.2) is 42.5 Å². The van der Waals surface area contributed by atoms with E-state index in [-0.39, 0.29) is 24.1 Å². The lowest BCUT2D eigenvalue weighted by atomic mass is 10.1. The number of halogens is 2. The molecule has 0 spiro atoms. The molecule has 2 aromatic carbocycles. The zero-order valence-electron chi connectivity index (χ0n) is 18.0. The van der Waals surface area contributed by atoms with Gasteiger partial charge < -0.3 is 15.0 Å². The molecule has 8 heteroatoms. The average molecular weight is 483 g/mol. The molecule has 0 fully saturated rings. The quantitative estimate of drug-likeness (QED) is 0.479. The summed E-state index contributed by atoms with van der Waals surface area (Å²) in [5.74, 6) is 1.40. The van der Waals surface area contributed by atoms with Gasteiger partial charge in [0.2, 0.25) is 11.8 Å². The summed E-state index contributed by atoms with van der Waals surface area (Å²) in [7, 11) is 1.63. The number of amides is 2. The van der Waals surface area contributed by atoms with Gasteiger partial charge in [-0.25, -0.2) is 0 Å². The first-order chi connectivity index (χ1) is 14.9. The maximum atomic E-state index is 13.2. The zero-order valence-corrected chi connectivity index (χ0v) is 20.3. The van der Waals surface area contributed by atoms with Crippen molar-refractivity contribution < 1.29 is 14.3 Å². The molecule has 0 aromatic heterocycles. The van der Waals surface area contributed by atoms with Gasteiger partial charge in [0, 0.05) is 34.5 Å². The zero-order chi connectivity index (χ0) is 22.8. The van der Waals surface area contributed by atoms with Gasteiger partial charge in [-0.15, -0.1) is 11.8 Å². The Hall–Kier alpha value is -1.89. The number of methoxy groups -OCH3 is 1. The molecule has 0 radical (unpaired) electrons. The number of likely N-dealkylation sites (N-methyl/N-ethyl adjacent to an activating group) is 1. The van der Waals surface area contributed by atoms with Crippen LogP contribution in [-0.2, 0) is 21.9 Å². The summed E-state index contributed by atoms with van der Waals surface area (Å²) in [5, 5.41) is 3.77. The third-order valence-electron chi connectivity index (χ3n) is 4.78. The summed E-state index contributed by atoms with van der Waals surface area (Å²) in [6.45, 7) is 4.41. The molecule has 0 saturated carbocycles. The van der Waals surface area contributed by atoms with Crippen molar-refractivity contribution in [3.63, 3.8) is 0 Å². The van der Waals surface area contributed by atoms with E-state index >= 15 is 0 Å². The summed E-state index contributed by atoms with van der Waals surface area (Å²) in [6, 6.07) is 12.4. The number of benzene rings is 2. The Balaban J connectivity index is 2.15. The number of ether oxygens (including phenoxy) is 1. The highest BCUT2D eigenvalue weighted by molar-refractivity contribution is 7.99. The Labute approximate surface area is 198 Å². The molecule has 1 unspecified atom stereocenters. The lowest BCUT2D eigenvalue weighted by Gasteiger charge is -2.31. The van der Waals surface area contributed by atoms with Crippen molar-refractivity contribution in [3.8, 4) is 5.75 Å². The van der Waals surface area contributed by atoms with Crippen molar-refractivity contribution in [2.24, 2.45) is 0 Å². The van der Waals surface area contributed by atoms with E-state index < -0.39 is 6.04 Å². The lowest BCUT2D eigenvalue weighted by Crippen LogP contribution is -2.49. The van der Waals surface area contributed by atoms with Crippen molar-refractivity contribution in [1.82, 2.24) is 10.2 Å². The van der Waals surface area contributed by atoms with Crippen LogP contribution in [0.5, 0.6) is 5.75 Å². The first kappa shape index (κ1) is 25.4. The highest BCUT2D eigenvalue weighted by Gasteiger charge is 2.29. The van der Waals surface area contributed by atoms with E-state index in [4.69, 9.17) is 27.9 Å². The SMILES string of the molecule is CCNC(=O)C(CC)N(Cc1c(Cl)cccc1Cl)C(=O)CSCc1ccc(OC)cc1. The fourth-order valence-electron chi connectivity index (χ4n) is 3.13. The molecule has 0 aliphatic carbocycles. The Morgan fingerprint density at radius 2 is 1.74 bits per heavy atom. The molecule has 0 saturated heterocycles. The molecule has 0 aliphatic heterocycles. The van der Waals surface area contributed by atoms with E-state index in [2.05, 4.69) is 5.32 Å². The maximum absolute atomic E-state index is 13.2. The van der Waals surface area contributed by atoms with Crippen LogP contribution < -0.4 is 10.1 Å². The predicted octanol–water partition coefficient (Wildman–Crippen LogP) is 5.18. The van der Waals surface area contributed by atoms with Crippen molar-refractivity contribution in [2.75, 3.05) is 19.4 Å². The van der Waals surface area contributed by atoms with Crippen LogP contribution in [-0.4, -0.2) is 42.2 Å². The minimum Gasteiger partial charge on any atom is -0.497 e. The second kappa shape index (κ2) is 12.8. The van der Waals surface area contributed by atoms with Crippen LogP contribution in [0.2, 0.25) is 10.0 Å². The first-order valence-electron chi connectivity index (χ1n) is 10.1. The highest BCUT2D eigenvalue weighted by Crippen LogP contribution is 2.27. The van der Waals surface area contributed by atoms with Crippen molar-refractivity contribution in [2.45, 2.75) is 38.6 Å². The van der Waals surface area contributed by atoms with E-state index in [9.17, 15) is 9.59 Å². The van der Waals surface area contributed by atoms with Crippen LogP contribution in [0, 0.1) is 0 Å². The van der Waals surface area contributed by atoms with Gasteiger partial charge in [-0.2, -0.15) is 0 Å². The average Bonchev–Trinajstić information content (AvgIpc) is 2.76. The highest BCUT2D eigenvalue weighted by atomic mass is 35.5. The minimum atomic E-state index is -0.596. The van der Waals surface area contributed by atoms with Crippen LogP contribution in [0.4, 0.5) is 0 Å². The predicted molar refractivity (Wildman–Crippen MR) is 129 cm³/mol. The largest absolute Gasteiger partial charge is 0.497 e. The van der Waals surface area contributed by atoms with Gasteiger partial charge in [0.15, 0.2) is 0 Å². The van der Waals surface area contributed by atoms with E-state index in [0.29, 0.717) is 34.3 Å². The monoisotopic (exact) mass is 482 g/mol. The summed E-state index contributed by atoms with van der Waals surface area (Å²) in [4.78, 5) is 27.4. The Bertz CT molecular complexity index is 857. The molecule has 2 amide bonds. The standard InChI is InChI=1S/C23H28Cl2N2O3S/c1-4-21(23(29)26-5-2)27(13-18-19(24)7-6-8-20(18)25)22(28)15-31-14-16-9-11-17(30-3)12-10-16/h6-12,21H,4-5,13-15H2,1-3H3,(H,26,29). The molecule has 1 atom stereocenters. The van der Waals surface area contributed by atoms with E-state index in [1.54, 1.807) is 30.2 Å². The molecular formula is C23H28Cl2N2O3S. The molecule has 0 aliphatic rings. The Morgan fingerprint density at radius 3 is 2.29 bits per heavy atom. The van der Waals surface area contributed by atoms with Gasteiger partial charge in [-0.1, -0.05) is 48.3 Å². The van der Waals surface area contributed by atoms with Crippen molar-refractivity contribution in [1.29, 1.82) is 0 Å². The Morgan fingerprint density at radius 1 is 1.10 bits per heavy atom. The normalized spacial score (nSPS) is 11.6. The van der Waals surface area contributed by atoms with Crippen LogP contribution in [0.3, 0.4) is 0 Å².